The monoisotopic (exact) mass is 253 g/mol. The van der Waals surface area contributed by atoms with E-state index in [1.807, 2.05) is 24.9 Å². The summed E-state index contributed by atoms with van der Waals surface area (Å²) in [4.78, 5) is 0. The summed E-state index contributed by atoms with van der Waals surface area (Å²) in [5.74, 6) is 0. The number of aryl methyl sites for hydroxylation is 2. The molecule has 0 saturated heterocycles. The number of nitrogens with one attached hydrogen (secondary N) is 1. The van der Waals surface area contributed by atoms with Crippen molar-refractivity contribution in [3.63, 3.8) is 0 Å². The molecule has 1 N–H and O–H groups in total. The fourth-order valence-corrected chi connectivity index (χ4v) is 2.33. The molecule has 4 nitrogen and oxygen atoms in total. The van der Waals surface area contributed by atoms with Crippen LogP contribution < -0.4 is 5.32 Å². The van der Waals surface area contributed by atoms with Gasteiger partial charge in [-0.05, 0) is 45.7 Å². The molecule has 0 fully saturated rings. The summed E-state index contributed by atoms with van der Waals surface area (Å²) in [7, 11) is 1.95. The van der Waals surface area contributed by atoms with E-state index in [1.54, 1.807) is 0 Å². The Balaban J connectivity index is 2.57. The summed E-state index contributed by atoms with van der Waals surface area (Å²) in [6.45, 7) is 10.2. The molecule has 4 heteroatoms. The zero-order chi connectivity index (χ0) is 13.6. The second kappa shape index (κ2) is 6.90. The third-order valence-corrected chi connectivity index (χ3v) is 3.29. The minimum atomic E-state index is -0.132. The zero-order valence-corrected chi connectivity index (χ0v) is 12.4. The molecule has 104 valence electrons. The Bertz CT molecular complexity index is 347. The van der Waals surface area contributed by atoms with Crippen LogP contribution in [0.4, 0.5) is 0 Å². The summed E-state index contributed by atoms with van der Waals surface area (Å²) in [6.07, 6.45) is 6.11. The summed E-state index contributed by atoms with van der Waals surface area (Å²) in [6, 6.07) is 0.364. The van der Waals surface area contributed by atoms with Crippen molar-refractivity contribution in [2.75, 3.05) is 13.2 Å². The Morgan fingerprint density at radius 1 is 1.44 bits per heavy atom. The van der Waals surface area contributed by atoms with Gasteiger partial charge < -0.3 is 10.1 Å². The quantitative estimate of drug-likeness (QED) is 0.771. The summed E-state index contributed by atoms with van der Waals surface area (Å²) < 4.78 is 7.71. The maximum Gasteiger partial charge on any atom is 0.0778 e. The number of likely N-dealkylation sites (N-methyl/N-ethyl adjacent to an activating group) is 1. The van der Waals surface area contributed by atoms with Crippen molar-refractivity contribution in [1.29, 1.82) is 0 Å². The molecule has 1 rings (SSSR count). The summed E-state index contributed by atoms with van der Waals surface area (Å²) in [5.41, 5.74) is 1.15. The van der Waals surface area contributed by atoms with Crippen LogP contribution in [0.15, 0.2) is 12.4 Å². The van der Waals surface area contributed by atoms with E-state index in [2.05, 4.69) is 37.4 Å². The van der Waals surface area contributed by atoms with Gasteiger partial charge in [0.1, 0.15) is 0 Å². The highest BCUT2D eigenvalue weighted by Gasteiger charge is 2.28. The van der Waals surface area contributed by atoms with E-state index in [4.69, 9.17) is 4.74 Å². The molecule has 1 aromatic rings. The lowest BCUT2D eigenvalue weighted by Gasteiger charge is -2.34. The van der Waals surface area contributed by atoms with Crippen LogP contribution in [0.3, 0.4) is 0 Å². The van der Waals surface area contributed by atoms with Crippen molar-refractivity contribution < 1.29 is 4.74 Å². The topological polar surface area (TPSA) is 39.1 Å². The fourth-order valence-electron chi connectivity index (χ4n) is 2.33. The molecule has 0 amide bonds. The third kappa shape index (κ3) is 4.42. The van der Waals surface area contributed by atoms with Gasteiger partial charge in [-0.25, -0.2) is 0 Å². The standard InChI is InChI=1S/C14H27N3O/c1-6-15-13(14(3,4)18-7-2)9-8-12-10-16-17(5)11-12/h10-11,13,15H,6-9H2,1-5H3. The average Bonchev–Trinajstić information content (AvgIpc) is 2.70. The van der Waals surface area contributed by atoms with Crippen molar-refractivity contribution in [2.24, 2.45) is 7.05 Å². The molecule has 1 heterocycles. The number of aromatic nitrogens is 2. The number of hydrogen-bond acceptors (Lipinski definition) is 3. The largest absolute Gasteiger partial charge is 0.374 e. The van der Waals surface area contributed by atoms with Gasteiger partial charge >= 0.3 is 0 Å². The zero-order valence-electron chi connectivity index (χ0n) is 12.4. The summed E-state index contributed by atoms with van der Waals surface area (Å²) >= 11 is 0. The van der Waals surface area contributed by atoms with Crippen LogP contribution in [0, 0.1) is 0 Å². The van der Waals surface area contributed by atoms with Crippen LogP contribution in [0.25, 0.3) is 0 Å². The van der Waals surface area contributed by atoms with Crippen LogP contribution in [0.1, 0.15) is 39.7 Å². The van der Waals surface area contributed by atoms with E-state index in [0.29, 0.717) is 6.04 Å². The van der Waals surface area contributed by atoms with Gasteiger partial charge in [0.15, 0.2) is 0 Å². The van der Waals surface area contributed by atoms with E-state index in [-0.39, 0.29) is 5.60 Å². The smallest absolute Gasteiger partial charge is 0.0778 e. The highest BCUT2D eigenvalue weighted by Crippen LogP contribution is 2.19. The van der Waals surface area contributed by atoms with Crippen molar-refractivity contribution in [2.45, 2.75) is 52.2 Å². The summed E-state index contributed by atoms with van der Waals surface area (Å²) in [5, 5.41) is 7.74. The SMILES string of the molecule is CCNC(CCc1cnn(C)c1)C(C)(C)OCC. The Kier molecular flexibility index (Phi) is 5.82. The second-order valence-electron chi connectivity index (χ2n) is 5.21. The Labute approximate surface area is 111 Å². The first-order valence-electron chi connectivity index (χ1n) is 6.84. The van der Waals surface area contributed by atoms with Crippen molar-refractivity contribution in [1.82, 2.24) is 15.1 Å². The fraction of sp³-hybridized carbons (Fsp3) is 0.786. The first kappa shape index (κ1) is 15.2. The lowest BCUT2D eigenvalue weighted by molar-refractivity contribution is -0.0396. The van der Waals surface area contributed by atoms with Gasteiger partial charge in [-0.3, -0.25) is 4.68 Å². The Morgan fingerprint density at radius 3 is 2.67 bits per heavy atom. The molecule has 0 aromatic carbocycles. The van der Waals surface area contributed by atoms with E-state index in [9.17, 15) is 0 Å². The molecule has 18 heavy (non-hydrogen) atoms. The number of hydrogen-bond donors (Lipinski definition) is 1. The van der Waals surface area contributed by atoms with Gasteiger partial charge in [0.25, 0.3) is 0 Å². The number of nitrogens with zero attached hydrogens (tertiary/aromatic N) is 2. The van der Waals surface area contributed by atoms with Gasteiger partial charge in [0, 0.05) is 25.9 Å². The highest BCUT2D eigenvalue weighted by molar-refractivity contribution is 5.04. The molecule has 1 aromatic heterocycles. The highest BCUT2D eigenvalue weighted by atomic mass is 16.5. The molecule has 0 saturated carbocycles. The van der Waals surface area contributed by atoms with E-state index in [0.717, 1.165) is 26.0 Å². The predicted octanol–water partition coefficient (Wildman–Crippen LogP) is 2.15. The van der Waals surface area contributed by atoms with Crippen LogP contribution in [-0.4, -0.2) is 34.6 Å². The van der Waals surface area contributed by atoms with Crippen molar-refractivity contribution in [3.05, 3.63) is 18.0 Å². The molecule has 1 unspecified atom stereocenters. The van der Waals surface area contributed by atoms with E-state index >= 15 is 0 Å². The van der Waals surface area contributed by atoms with Gasteiger partial charge in [-0.2, -0.15) is 5.10 Å². The molecule has 1 atom stereocenters. The molecular weight excluding hydrogens is 226 g/mol. The van der Waals surface area contributed by atoms with Crippen LogP contribution in [0.2, 0.25) is 0 Å². The van der Waals surface area contributed by atoms with Gasteiger partial charge in [-0.1, -0.05) is 6.92 Å². The maximum absolute atomic E-state index is 5.85. The molecule has 0 aliphatic heterocycles. The second-order valence-corrected chi connectivity index (χ2v) is 5.21. The normalized spacial score (nSPS) is 13.8. The first-order valence-corrected chi connectivity index (χ1v) is 6.84. The minimum absolute atomic E-state index is 0.132. The average molecular weight is 253 g/mol. The number of rotatable bonds is 8. The van der Waals surface area contributed by atoms with E-state index < -0.39 is 0 Å². The van der Waals surface area contributed by atoms with E-state index in [1.165, 1.54) is 5.56 Å². The minimum Gasteiger partial charge on any atom is -0.374 e. The van der Waals surface area contributed by atoms with Crippen LogP contribution >= 0.6 is 0 Å². The molecule has 0 bridgehead atoms. The van der Waals surface area contributed by atoms with Crippen LogP contribution in [-0.2, 0) is 18.2 Å². The van der Waals surface area contributed by atoms with Gasteiger partial charge in [0.2, 0.25) is 0 Å². The molecule has 0 aliphatic carbocycles. The lowest BCUT2D eigenvalue weighted by atomic mass is 9.93. The van der Waals surface area contributed by atoms with Gasteiger partial charge in [0.05, 0.1) is 11.8 Å². The van der Waals surface area contributed by atoms with Crippen molar-refractivity contribution in [3.8, 4) is 0 Å². The predicted molar refractivity (Wildman–Crippen MR) is 74.7 cm³/mol. The van der Waals surface area contributed by atoms with Crippen molar-refractivity contribution >= 4 is 0 Å². The molecule has 0 aliphatic rings. The number of ether oxygens (including phenoxy) is 1. The maximum atomic E-state index is 5.85. The first-order chi connectivity index (χ1) is 8.49. The lowest BCUT2D eigenvalue weighted by Crippen LogP contribution is -2.48. The molecular formula is C14H27N3O. The molecule has 0 radical (unpaired) electrons. The molecule has 0 spiro atoms. The third-order valence-electron chi connectivity index (χ3n) is 3.29. The Morgan fingerprint density at radius 2 is 2.17 bits per heavy atom. The Hall–Kier alpha value is -0.870. The van der Waals surface area contributed by atoms with Gasteiger partial charge in [-0.15, -0.1) is 0 Å². The van der Waals surface area contributed by atoms with Crippen LogP contribution in [0.5, 0.6) is 0 Å².